The van der Waals surface area contributed by atoms with E-state index >= 15 is 0 Å². The quantitative estimate of drug-likeness (QED) is 0.431. The van der Waals surface area contributed by atoms with Crippen LogP contribution in [0.4, 0.5) is 0 Å². The Morgan fingerprint density at radius 3 is 1.76 bits per heavy atom. The zero-order valence-corrected chi connectivity index (χ0v) is 11.2. The molecule has 1 heteroatoms. The smallest absolute Gasteiger partial charge is 0.122 e. The largest absolute Gasteiger partial charge is 0.461 e. The molecular weight excluding hydrogens is 208 g/mol. The summed E-state index contributed by atoms with van der Waals surface area (Å²) in [6, 6.07) is 0. The second-order valence-corrected chi connectivity index (χ2v) is 4.47. The van der Waals surface area contributed by atoms with Crippen LogP contribution in [0.25, 0.3) is 0 Å². The average Bonchev–Trinajstić information content (AvgIpc) is 2.35. The Labute approximate surface area is 107 Å². The van der Waals surface area contributed by atoms with Gasteiger partial charge in [-0.15, -0.1) is 0 Å². The molecule has 1 nitrogen and oxygen atoms in total. The standard InChI is InChI=1S/C16H26O/c1-2-3-4-5-6-7-8-9-10-11-12-13-14-15-16-17/h17H,2-12H2,1H3. The number of unbranched alkanes of at least 4 members (excludes halogenated alkanes) is 10. The highest BCUT2D eigenvalue weighted by Gasteiger charge is 1.91. The van der Waals surface area contributed by atoms with E-state index in [4.69, 9.17) is 5.11 Å². The van der Waals surface area contributed by atoms with Crippen molar-refractivity contribution in [3.05, 3.63) is 0 Å². The normalized spacial score (nSPS) is 9.00. The highest BCUT2D eigenvalue weighted by atomic mass is 16.2. The summed E-state index contributed by atoms with van der Waals surface area (Å²) in [7, 11) is 0. The van der Waals surface area contributed by atoms with Gasteiger partial charge in [-0.05, 0) is 12.3 Å². The molecule has 0 spiro atoms. The molecule has 0 aromatic heterocycles. The zero-order chi connectivity index (χ0) is 12.6. The predicted molar refractivity (Wildman–Crippen MR) is 73.9 cm³/mol. The molecule has 0 aliphatic rings. The molecule has 17 heavy (non-hydrogen) atoms. The van der Waals surface area contributed by atoms with Crippen LogP contribution in [0.5, 0.6) is 0 Å². The fourth-order valence-electron chi connectivity index (χ4n) is 1.84. The van der Waals surface area contributed by atoms with Gasteiger partial charge in [0.05, 0.1) is 0 Å². The first kappa shape index (κ1) is 15.9. The first-order valence-electron chi connectivity index (χ1n) is 7.03. The van der Waals surface area contributed by atoms with Crippen molar-refractivity contribution in [2.24, 2.45) is 0 Å². The number of rotatable bonds is 10. The summed E-state index contributed by atoms with van der Waals surface area (Å²) >= 11 is 0. The number of hydrogen-bond acceptors (Lipinski definition) is 1. The molecule has 0 saturated heterocycles. The first-order valence-corrected chi connectivity index (χ1v) is 7.03. The van der Waals surface area contributed by atoms with Gasteiger partial charge < -0.3 is 5.11 Å². The van der Waals surface area contributed by atoms with Crippen LogP contribution in [0.15, 0.2) is 0 Å². The maximum absolute atomic E-state index is 8.18. The molecule has 0 rings (SSSR count). The maximum Gasteiger partial charge on any atom is 0.122 e. The van der Waals surface area contributed by atoms with Gasteiger partial charge in [0.25, 0.3) is 0 Å². The second-order valence-electron chi connectivity index (χ2n) is 4.47. The molecule has 0 aliphatic heterocycles. The van der Waals surface area contributed by atoms with Crippen LogP contribution in [0.2, 0.25) is 0 Å². The Balaban J connectivity index is 3.03. The summed E-state index contributed by atoms with van der Waals surface area (Å²) in [5.41, 5.74) is 0. The number of aliphatic hydroxyl groups is 1. The molecule has 0 radical (unpaired) electrons. The predicted octanol–water partition coefficient (Wildman–Crippen LogP) is 4.63. The molecule has 0 saturated carbocycles. The fraction of sp³-hybridized carbons (Fsp3) is 0.750. The van der Waals surface area contributed by atoms with Crippen LogP contribution in [-0.4, -0.2) is 5.11 Å². The summed E-state index contributed by atoms with van der Waals surface area (Å²) in [5.74, 6) is 7.86. The number of aliphatic hydroxyl groups excluding tert-OH is 1. The van der Waals surface area contributed by atoms with Crippen LogP contribution < -0.4 is 0 Å². The van der Waals surface area contributed by atoms with Gasteiger partial charge >= 0.3 is 0 Å². The monoisotopic (exact) mass is 234 g/mol. The third-order valence-electron chi connectivity index (χ3n) is 2.86. The molecule has 0 heterocycles. The van der Waals surface area contributed by atoms with Crippen molar-refractivity contribution in [1.82, 2.24) is 0 Å². The third-order valence-corrected chi connectivity index (χ3v) is 2.86. The molecule has 0 aliphatic carbocycles. The molecule has 1 N–H and O–H groups in total. The third kappa shape index (κ3) is 14.9. The lowest BCUT2D eigenvalue weighted by atomic mass is 10.1. The lowest BCUT2D eigenvalue weighted by molar-refractivity contribution is 0.517. The van der Waals surface area contributed by atoms with Gasteiger partial charge in [0.1, 0.15) is 6.11 Å². The molecule has 0 amide bonds. The molecule has 0 fully saturated rings. The van der Waals surface area contributed by atoms with Gasteiger partial charge in [-0.25, -0.2) is 0 Å². The molecule has 0 unspecified atom stereocenters. The molecule has 0 atom stereocenters. The van der Waals surface area contributed by atoms with E-state index in [9.17, 15) is 0 Å². The summed E-state index contributed by atoms with van der Waals surface area (Å²) in [4.78, 5) is 0. The Hall–Kier alpha value is -1.08. The van der Waals surface area contributed by atoms with E-state index in [1.807, 2.05) is 0 Å². The molecule has 0 bridgehead atoms. The summed E-state index contributed by atoms with van der Waals surface area (Å²) < 4.78 is 0. The summed E-state index contributed by atoms with van der Waals surface area (Å²) in [6.45, 7) is 2.26. The van der Waals surface area contributed by atoms with Crippen molar-refractivity contribution in [1.29, 1.82) is 0 Å². The van der Waals surface area contributed by atoms with E-state index in [1.165, 1.54) is 57.8 Å². The van der Waals surface area contributed by atoms with Crippen LogP contribution in [-0.2, 0) is 0 Å². The van der Waals surface area contributed by atoms with Crippen molar-refractivity contribution < 1.29 is 5.11 Å². The van der Waals surface area contributed by atoms with Crippen LogP contribution >= 0.6 is 0 Å². The van der Waals surface area contributed by atoms with Crippen molar-refractivity contribution in [2.75, 3.05) is 0 Å². The fourth-order valence-corrected chi connectivity index (χ4v) is 1.84. The second kappa shape index (κ2) is 14.9. The van der Waals surface area contributed by atoms with Gasteiger partial charge in [-0.3, -0.25) is 0 Å². The van der Waals surface area contributed by atoms with Gasteiger partial charge in [0.15, 0.2) is 0 Å². The van der Waals surface area contributed by atoms with Gasteiger partial charge in [0.2, 0.25) is 0 Å². The van der Waals surface area contributed by atoms with Crippen LogP contribution in [0.3, 0.4) is 0 Å². The van der Waals surface area contributed by atoms with Crippen molar-refractivity contribution in [2.45, 2.75) is 77.6 Å². The minimum absolute atomic E-state index is 0.908. The lowest BCUT2D eigenvalue weighted by Gasteiger charge is -2.00. The Morgan fingerprint density at radius 2 is 1.24 bits per heavy atom. The van der Waals surface area contributed by atoms with Gasteiger partial charge in [-0.2, -0.15) is 0 Å². The average molecular weight is 234 g/mol. The minimum atomic E-state index is 0.908. The molecule has 0 aromatic rings. The van der Waals surface area contributed by atoms with Crippen molar-refractivity contribution in [3.8, 4) is 23.9 Å². The van der Waals surface area contributed by atoms with Crippen LogP contribution in [0.1, 0.15) is 77.6 Å². The van der Waals surface area contributed by atoms with E-state index in [0.717, 1.165) is 12.8 Å². The highest BCUT2D eigenvalue weighted by molar-refractivity contribution is 5.23. The van der Waals surface area contributed by atoms with Crippen LogP contribution in [0, 0.1) is 23.9 Å². The lowest BCUT2D eigenvalue weighted by Crippen LogP contribution is -1.81. The van der Waals surface area contributed by atoms with Gasteiger partial charge in [-0.1, -0.05) is 70.6 Å². The van der Waals surface area contributed by atoms with Crippen molar-refractivity contribution in [3.63, 3.8) is 0 Å². The van der Waals surface area contributed by atoms with E-state index < -0.39 is 0 Å². The highest BCUT2D eigenvalue weighted by Crippen LogP contribution is 2.10. The van der Waals surface area contributed by atoms with E-state index in [2.05, 4.69) is 24.7 Å². The van der Waals surface area contributed by atoms with Gasteiger partial charge in [0, 0.05) is 12.3 Å². The molecule has 96 valence electrons. The Kier molecular flexibility index (Phi) is 14.0. The summed E-state index contributed by atoms with van der Waals surface area (Å²) in [5, 5.41) is 8.18. The molecular formula is C16H26O. The minimum Gasteiger partial charge on any atom is -0.461 e. The maximum atomic E-state index is 8.18. The first-order chi connectivity index (χ1) is 8.41. The Morgan fingerprint density at radius 1 is 0.706 bits per heavy atom. The number of hydrogen-bond donors (Lipinski definition) is 1. The molecule has 0 aromatic carbocycles. The Bertz CT molecular complexity index is 259. The zero-order valence-electron chi connectivity index (χ0n) is 11.2. The van der Waals surface area contributed by atoms with E-state index in [1.54, 1.807) is 6.11 Å². The topological polar surface area (TPSA) is 20.2 Å². The summed E-state index contributed by atoms with van der Waals surface area (Å²) in [6.07, 6.45) is 16.2. The van der Waals surface area contributed by atoms with E-state index in [0.29, 0.717) is 0 Å². The van der Waals surface area contributed by atoms with E-state index in [-0.39, 0.29) is 0 Å². The SMILES string of the molecule is CCCCCCCCCCCCC#CC#CO. The van der Waals surface area contributed by atoms with Crippen molar-refractivity contribution >= 4 is 0 Å².